The molecule has 0 spiro atoms. The lowest BCUT2D eigenvalue weighted by Gasteiger charge is -2.24. The summed E-state index contributed by atoms with van der Waals surface area (Å²) in [6, 6.07) is 3.93. The molecule has 0 bridgehead atoms. The lowest BCUT2D eigenvalue weighted by Crippen LogP contribution is -2.29. The Bertz CT molecular complexity index is 322. The van der Waals surface area contributed by atoms with Crippen LogP contribution in [0.4, 0.5) is 0 Å². The summed E-state index contributed by atoms with van der Waals surface area (Å²) in [7, 11) is 11.7. The minimum atomic E-state index is 0.0859. The maximum atomic E-state index is 5.99. The third-order valence-electron chi connectivity index (χ3n) is 2.36. The minimum absolute atomic E-state index is 0.0859. The molecule has 0 unspecified atom stereocenters. The molecule has 1 aromatic carbocycles. The van der Waals surface area contributed by atoms with Crippen LogP contribution in [0.5, 0.6) is 0 Å². The van der Waals surface area contributed by atoms with Crippen molar-refractivity contribution < 1.29 is 0 Å². The molecule has 0 aliphatic carbocycles. The van der Waals surface area contributed by atoms with Crippen molar-refractivity contribution in [3.05, 3.63) is 23.3 Å². The summed E-state index contributed by atoms with van der Waals surface area (Å²) in [6.07, 6.45) is 0. The van der Waals surface area contributed by atoms with Gasteiger partial charge < -0.3 is 0 Å². The molecule has 0 heterocycles. The first kappa shape index (κ1) is 10.4. The fourth-order valence-corrected chi connectivity index (χ4v) is 1.40. The zero-order chi connectivity index (χ0) is 10.2. The Hall–Kier alpha value is -0.650. The van der Waals surface area contributed by atoms with Crippen molar-refractivity contribution in [1.82, 2.24) is 0 Å². The smallest absolute Gasteiger partial charge is 0.0944 e. The van der Waals surface area contributed by atoms with E-state index in [2.05, 4.69) is 20.8 Å². The van der Waals surface area contributed by atoms with E-state index in [0.717, 1.165) is 16.5 Å². The van der Waals surface area contributed by atoms with Crippen molar-refractivity contribution in [3.63, 3.8) is 0 Å². The summed E-state index contributed by atoms with van der Waals surface area (Å²) >= 11 is 0. The summed E-state index contributed by atoms with van der Waals surface area (Å²) in [5, 5.41) is 0. The van der Waals surface area contributed by atoms with Crippen LogP contribution in [0.1, 0.15) is 31.9 Å². The molecule has 0 nitrogen and oxygen atoms in total. The van der Waals surface area contributed by atoms with Crippen molar-refractivity contribution in [1.29, 1.82) is 0 Å². The van der Waals surface area contributed by atoms with Gasteiger partial charge in [0.1, 0.15) is 15.7 Å². The molecule has 64 valence electrons. The molecule has 1 aromatic rings. The normalized spacial score (nSPS) is 11.7. The van der Waals surface area contributed by atoms with Gasteiger partial charge in [0.25, 0.3) is 0 Å². The van der Waals surface area contributed by atoms with Crippen LogP contribution in [-0.2, 0) is 5.41 Å². The topological polar surface area (TPSA) is 0 Å². The van der Waals surface area contributed by atoms with Gasteiger partial charge in [-0.3, -0.25) is 0 Å². The SMILES string of the molecule is [B]c1ccc(C(C)(C)C)c([B])c1C. The molecule has 2 heteroatoms. The minimum Gasteiger partial charge on any atom is -0.0944 e. The maximum Gasteiger partial charge on any atom is 0.114 e. The number of hydrogen-bond donors (Lipinski definition) is 0. The predicted octanol–water partition coefficient (Wildman–Crippen LogP) is 0.880. The zero-order valence-electron chi connectivity index (χ0n) is 8.81. The summed E-state index contributed by atoms with van der Waals surface area (Å²) in [6.45, 7) is 8.40. The quantitative estimate of drug-likeness (QED) is 0.504. The molecule has 0 saturated carbocycles. The highest BCUT2D eigenvalue weighted by Crippen LogP contribution is 2.19. The van der Waals surface area contributed by atoms with Gasteiger partial charge in [-0.25, -0.2) is 0 Å². The molecule has 0 amide bonds. The first-order valence-corrected chi connectivity index (χ1v) is 4.49. The molecule has 0 atom stereocenters. The van der Waals surface area contributed by atoms with Crippen LogP contribution in [0, 0.1) is 6.92 Å². The fourth-order valence-electron chi connectivity index (χ4n) is 1.40. The van der Waals surface area contributed by atoms with E-state index in [4.69, 9.17) is 15.7 Å². The maximum absolute atomic E-state index is 5.99. The van der Waals surface area contributed by atoms with Crippen molar-refractivity contribution in [2.45, 2.75) is 33.1 Å². The van der Waals surface area contributed by atoms with Gasteiger partial charge in [0.2, 0.25) is 0 Å². The van der Waals surface area contributed by atoms with Gasteiger partial charge in [0.15, 0.2) is 0 Å². The molecule has 13 heavy (non-hydrogen) atoms. The van der Waals surface area contributed by atoms with Gasteiger partial charge in [-0.15, -0.1) is 0 Å². The summed E-state index contributed by atoms with van der Waals surface area (Å²) in [5.74, 6) is 0. The standard InChI is InChI=1S/C11H14B2/c1-7-9(12)6-5-8(10(7)13)11(2,3)4/h5-6H,1-4H3. The highest BCUT2D eigenvalue weighted by molar-refractivity contribution is 6.40. The van der Waals surface area contributed by atoms with E-state index < -0.39 is 0 Å². The highest BCUT2D eigenvalue weighted by Gasteiger charge is 2.16. The second kappa shape index (κ2) is 3.25. The molecule has 0 aromatic heterocycles. The second-order valence-corrected chi connectivity index (χ2v) is 4.49. The van der Waals surface area contributed by atoms with Crippen molar-refractivity contribution in [2.75, 3.05) is 0 Å². The van der Waals surface area contributed by atoms with E-state index in [-0.39, 0.29) is 5.41 Å². The summed E-state index contributed by atoms with van der Waals surface area (Å²) in [4.78, 5) is 0. The third kappa shape index (κ3) is 1.99. The van der Waals surface area contributed by atoms with E-state index in [1.54, 1.807) is 0 Å². The van der Waals surface area contributed by atoms with Crippen LogP contribution in [0.25, 0.3) is 0 Å². The Balaban J connectivity index is 3.35. The third-order valence-corrected chi connectivity index (χ3v) is 2.36. The first-order valence-electron chi connectivity index (χ1n) is 4.49. The average Bonchev–Trinajstić information content (AvgIpc) is 1.98. The summed E-state index contributed by atoms with van der Waals surface area (Å²) < 4.78 is 0. The fraction of sp³-hybridized carbons (Fsp3) is 0.455. The van der Waals surface area contributed by atoms with E-state index in [1.165, 1.54) is 5.56 Å². The summed E-state index contributed by atoms with van der Waals surface area (Å²) in [5.41, 5.74) is 3.84. The number of rotatable bonds is 0. The Kier molecular flexibility index (Phi) is 2.61. The Morgan fingerprint density at radius 2 is 1.62 bits per heavy atom. The van der Waals surface area contributed by atoms with Crippen molar-refractivity contribution in [2.24, 2.45) is 0 Å². The lowest BCUT2D eigenvalue weighted by atomic mass is 9.72. The highest BCUT2D eigenvalue weighted by atomic mass is 14.2. The first-order chi connectivity index (χ1) is 5.84. The van der Waals surface area contributed by atoms with E-state index in [9.17, 15) is 0 Å². The Labute approximate surface area is 83.6 Å². The number of benzene rings is 1. The Morgan fingerprint density at radius 3 is 2.08 bits per heavy atom. The average molecular weight is 168 g/mol. The van der Waals surface area contributed by atoms with Gasteiger partial charge in [0.05, 0.1) is 0 Å². The molecule has 0 aliphatic heterocycles. The van der Waals surface area contributed by atoms with Gasteiger partial charge in [-0.2, -0.15) is 0 Å². The predicted molar refractivity (Wildman–Crippen MR) is 60.7 cm³/mol. The molecule has 1 rings (SSSR count). The van der Waals surface area contributed by atoms with Gasteiger partial charge >= 0.3 is 0 Å². The van der Waals surface area contributed by atoms with Crippen LogP contribution in [0.3, 0.4) is 0 Å². The van der Waals surface area contributed by atoms with Crippen LogP contribution in [-0.4, -0.2) is 15.7 Å². The van der Waals surface area contributed by atoms with E-state index in [0.29, 0.717) is 0 Å². The van der Waals surface area contributed by atoms with Crippen LogP contribution in [0.15, 0.2) is 12.1 Å². The van der Waals surface area contributed by atoms with E-state index >= 15 is 0 Å². The molecule has 0 N–H and O–H groups in total. The molecule has 0 aliphatic rings. The zero-order valence-corrected chi connectivity index (χ0v) is 8.81. The van der Waals surface area contributed by atoms with Crippen LogP contribution >= 0.6 is 0 Å². The van der Waals surface area contributed by atoms with Gasteiger partial charge in [0, 0.05) is 0 Å². The molecular weight excluding hydrogens is 154 g/mol. The molecule has 0 saturated heterocycles. The van der Waals surface area contributed by atoms with Crippen LogP contribution < -0.4 is 10.9 Å². The second-order valence-electron chi connectivity index (χ2n) is 4.49. The van der Waals surface area contributed by atoms with Gasteiger partial charge in [-0.05, 0) is 17.9 Å². The lowest BCUT2D eigenvalue weighted by molar-refractivity contribution is 0.594. The van der Waals surface area contributed by atoms with Crippen molar-refractivity contribution in [3.8, 4) is 0 Å². The van der Waals surface area contributed by atoms with Crippen LogP contribution in [0.2, 0.25) is 0 Å². The molecule has 4 radical (unpaired) electrons. The van der Waals surface area contributed by atoms with Gasteiger partial charge in [-0.1, -0.05) is 49.4 Å². The monoisotopic (exact) mass is 168 g/mol. The number of hydrogen-bond acceptors (Lipinski definition) is 0. The molecule has 0 fully saturated rings. The Morgan fingerprint density at radius 1 is 1.08 bits per heavy atom. The van der Waals surface area contributed by atoms with Crippen molar-refractivity contribution >= 4 is 26.6 Å². The van der Waals surface area contributed by atoms with E-state index in [1.807, 2.05) is 19.1 Å². The largest absolute Gasteiger partial charge is 0.114 e. The molecular formula is C11H14B2.